The summed E-state index contributed by atoms with van der Waals surface area (Å²) < 4.78 is 24.3. The maximum atomic E-state index is 12.8. The van der Waals surface area contributed by atoms with Crippen molar-refractivity contribution in [2.45, 2.75) is 31.3 Å². The number of hydrogen-bond acceptors (Lipinski definition) is 6. The van der Waals surface area contributed by atoms with Crippen LogP contribution in [-0.4, -0.2) is 34.3 Å². The van der Waals surface area contributed by atoms with Crippen molar-refractivity contribution in [1.29, 1.82) is 0 Å². The van der Waals surface area contributed by atoms with Crippen molar-refractivity contribution < 1.29 is 13.2 Å². The molecule has 10 heteroatoms. The van der Waals surface area contributed by atoms with E-state index in [4.69, 9.17) is 5.14 Å². The summed E-state index contributed by atoms with van der Waals surface area (Å²) in [5, 5.41) is 16.2. The maximum Gasteiger partial charge on any atom is 0.245 e. The molecule has 2 heterocycles. The van der Waals surface area contributed by atoms with Gasteiger partial charge in [-0.1, -0.05) is 37.3 Å². The summed E-state index contributed by atoms with van der Waals surface area (Å²) >= 11 is 0. The summed E-state index contributed by atoms with van der Waals surface area (Å²) in [5.74, 6) is -0.218. The van der Waals surface area contributed by atoms with Crippen molar-refractivity contribution in [3.63, 3.8) is 0 Å². The summed E-state index contributed by atoms with van der Waals surface area (Å²) in [4.78, 5) is 17.0. The second-order valence-electron chi connectivity index (χ2n) is 6.88. The van der Waals surface area contributed by atoms with E-state index < -0.39 is 16.1 Å². The van der Waals surface area contributed by atoms with Crippen LogP contribution in [0.1, 0.15) is 25.6 Å². The van der Waals surface area contributed by atoms with Crippen molar-refractivity contribution in [1.82, 2.24) is 25.3 Å². The number of nitrogens with zero attached hydrogens (tertiary/aromatic N) is 4. The van der Waals surface area contributed by atoms with Crippen molar-refractivity contribution >= 4 is 15.9 Å². The number of sulfonamides is 1. The number of pyridine rings is 1. The summed E-state index contributed by atoms with van der Waals surface area (Å²) in [7, 11) is -3.76. The summed E-state index contributed by atoms with van der Waals surface area (Å²) in [6.45, 7) is 4.17. The Hall–Kier alpha value is -3.11. The number of amides is 1. The van der Waals surface area contributed by atoms with Gasteiger partial charge < -0.3 is 5.32 Å². The van der Waals surface area contributed by atoms with Crippen LogP contribution in [0.4, 0.5) is 0 Å². The van der Waals surface area contributed by atoms with E-state index in [0.29, 0.717) is 17.8 Å². The first-order valence-corrected chi connectivity index (χ1v) is 10.5. The molecule has 0 saturated carbocycles. The number of carbonyl (C=O) groups excluding carboxylic acids is 1. The van der Waals surface area contributed by atoms with Crippen LogP contribution >= 0.6 is 0 Å². The van der Waals surface area contributed by atoms with E-state index in [1.165, 1.54) is 16.8 Å². The molecule has 0 radical (unpaired) electrons. The molecule has 29 heavy (non-hydrogen) atoms. The molecular weight excluding hydrogens is 392 g/mol. The van der Waals surface area contributed by atoms with E-state index in [2.05, 4.69) is 20.6 Å². The van der Waals surface area contributed by atoms with Gasteiger partial charge in [0.2, 0.25) is 15.9 Å². The Morgan fingerprint density at radius 2 is 1.90 bits per heavy atom. The van der Waals surface area contributed by atoms with Crippen molar-refractivity contribution in [3.8, 4) is 11.3 Å². The molecule has 0 spiro atoms. The first kappa shape index (κ1) is 20.6. The van der Waals surface area contributed by atoms with E-state index in [0.717, 1.165) is 5.69 Å². The van der Waals surface area contributed by atoms with Crippen LogP contribution in [0.3, 0.4) is 0 Å². The van der Waals surface area contributed by atoms with Crippen molar-refractivity contribution in [2.75, 3.05) is 0 Å². The van der Waals surface area contributed by atoms with Crippen LogP contribution in [0.5, 0.6) is 0 Å². The minimum atomic E-state index is -3.76. The van der Waals surface area contributed by atoms with Gasteiger partial charge in [-0.25, -0.2) is 18.2 Å². The lowest BCUT2D eigenvalue weighted by atomic mass is 10.0. The Kier molecular flexibility index (Phi) is 6.04. The molecule has 152 valence electrons. The number of aromatic nitrogens is 4. The van der Waals surface area contributed by atoms with Gasteiger partial charge in [-0.15, -0.1) is 5.10 Å². The zero-order valence-electron chi connectivity index (χ0n) is 16.1. The third-order valence-corrected chi connectivity index (χ3v) is 5.27. The molecule has 1 amide bonds. The Morgan fingerprint density at radius 3 is 2.48 bits per heavy atom. The number of hydrogen-bond donors (Lipinski definition) is 2. The fourth-order valence-electron chi connectivity index (χ4n) is 2.87. The second-order valence-corrected chi connectivity index (χ2v) is 8.44. The minimum absolute atomic E-state index is 0.0163. The fourth-order valence-corrected chi connectivity index (χ4v) is 3.39. The summed E-state index contributed by atoms with van der Waals surface area (Å²) in [6.07, 6.45) is 3.34. The van der Waals surface area contributed by atoms with Crippen LogP contribution < -0.4 is 10.5 Å². The SMILES string of the molecule is CC(C)C(C(=O)NCc1ccccn1)n1cc(-c2ccc(S(N)(=O)=O)cc2)nn1. The van der Waals surface area contributed by atoms with E-state index in [9.17, 15) is 13.2 Å². The van der Waals surface area contributed by atoms with Crippen LogP contribution in [0.25, 0.3) is 11.3 Å². The molecule has 1 aromatic carbocycles. The van der Waals surface area contributed by atoms with E-state index in [1.54, 1.807) is 24.5 Å². The van der Waals surface area contributed by atoms with Gasteiger partial charge in [-0.3, -0.25) is 9.78 Å². The van der Waals surface area contributed by atoms with Gasteiger partial charge >= 0.3 is 0 Å². The average Bonchev–Trinajstić information content (AvgIpc) is 3.16. The zero-order valence-corrected chi connectivity index (χ0v) is 16.9. The molecule has 0 bridgehead atoms. The normalized spacial score (nSPS) is 12.7. The Bertz CT molecular complexity index is 1080. The Morgan fingerprint density at radius 1 is 1.17 bits per heavy atom. The highest BCUT2D eigenvalue weighted by atomic mass is 32.2. The molecule has 0 saturated heterocycles. The molecule has 3 N–H and O–H groups in total. The molecule has 0 aliphatic rings. The first-order chi connectivity index (χ1) is 13.8. The maximum absolute atomic E-state index is 12.8. The lowest BCUT2D eigenvalue weighted by Crippen LogP contribution is -2.35. The lowest BCUT2D eigenvalue weighted by Gasteiger charge is -2.20. The Labute approximate surface area is 169 Å². The molecule has 3 aromatic rings. The number of nitrogens with two attached hydrogens (primary N) is 1. The molecule has 3 rings (SSSR count). The van der Waals surface area contributed by atoms with Crippen LogP contribution in [0.15, 0.2) is 59.8 Å². The van der Waals surface area contributed by atoms with Crippen LogP contribution in [0, 0.1) is 5.92 Å². The lowest BCUT2D eigenvalue weighted by molar-refractivity contribution is -0.126. The third-order valence-electron chi connectivity index (χ3n) is 4.34. The standard InChI is InChI=1S/C19H22N6O3S/c1-13(2)18(19(26)22-11-15-5-3-4-10-21-15)25-12-17(23-24-25)14-6-8-16(9-7-14)29(20,27)28/h3-10,12-13,18H,11H2,1-2H3,(H,22,26)(H2,20,27,28). The predicted octanol–water partition coefficient (Wildman–Crippen LogP) is 1.50. The van der Waals surface area contributed by atoms with Crippen molar-refractivity contribution in [2.24, 2.45) is 11.1 Å². The highest BCUT2D eigenvalue weighted by molar-refractivity contribution is 7.89. The van der Waals surface area contributed by atoms with E-state index >= 15 is 0 Å². The highest BCUT2D eigenvalue weighted by Crippen LogP contribution is 2.22. The third kappa shape index (κ3) is 5.04. The molecule has 1 atom stereocenters. The number of benzene rings is 1. The average molecular weight is 414 g/mol. The van der Waals surface area contributed by atoms with E-state index in [1.807, 2.05) is 32.0 Å². The summed E-state index contributed by atoms with van der Waals surface area (Å²) in [6, 6.07) is 11.0. The smallest absolute Gasteiger partial charge is 0.245 e. The summed E-state index contributed by atoms with van der Waals surface area (Å²) in [5.41, 5.74) is 1.95. The molecule has 2 aromatic heterocycles. The van der Waals surface area contributed by atoms with Gasteiger partial charge in [0.1, 0.15) is 11.7 Å². The van der Waals surface area contributed by atoms with Crippen molar-refractivity contribution in [3.05, 3.63) is 60.6 Å². The number of primary sulfonamides is 1. The monoisotopic (exact) mass is 414 g/mol. The predicted molar refractivity (Wildman–Crippen MR) is 107 cm³/mol. The zero-order chi connectivity index (χ0) is 21.0. The molecular formula is C19H22N6O3S. The van der Waals surface area contributed by atoms with Gasteiger partial charge in [0.05, 0.1) is 23.3 Å². The fraction of sp³-hybridized carbons (Fsp3) is 0.263. The first-order valence-electron chi connectivity index (χ1n) is 8.98. The number of nitrogens with one attached hydrogen (secondary N) is 1. The van der Waals surface area contributed by atoms with E-state index in [-0.39, 0.29) is 16.7 Å². The van der Waals surface area contributed by atoms with Gasteiger partial charge in [0.15, 0.2) is 0 Å². The number of carbonyl (C=O) groups is 1. The largest absolute Gasteiger partial charge is 0.349 e. The molecule has 9 nitrogen and oxygen atoms in total. The molecule has 0 aliphatic heterocycles. The molecule has 0 fully saturated rings. The van der Waals surface area contributed by atoms with Gasteiger partial charge in [0.25, 0.3) is 0 Å². The van der Waals surface area contributed by atoms with Crippen LogP contribution in [-0.2, 0) is 21.4 Å². The van der Waals surface area contributed by atoms with Gasteiger partial charge in [0, 0.05) is 11.8 Å². The van der Waals surface area contributed by atoms with Gasteiger partial charge in [-0.2, -0.15) is 0 Å². The minimum Gasteiger partial charge on any atom is -0.349 e. The second kappa shape index (κ2) is 8.50. The topological polar surface area (TPSA) is 133 Å². The van der Waals surface area contributed by atoms with Gasteiger partial charge in [-0.05, 0) is 30.2 Å². The highest BCUT2D eigenvalue weighted by Gasteiger charge is 2.25. The number of rotatable bonds is 7. The van der Waals surface area contributed by atoms with Crippen LogP contribution in [0.2, 0.25) is 0 Å². The molecule has 1 unspecified atom stereocenters. The Balaban J connectivity index is 1.77. The quantitative estimate of drug-likeness (QED) is 0.602. The molecule has 0 aliphatic carbocycles.